The Kier molecular flexibility index (Phi) is 9.10. The van der Waals surface area contributed by atoms with Crippen LogP contribution in [0.15, 0.2) is 0 Å². The molecule has 0 amide bonds. The highest BCUT2D eigenvalue weighted by Gasteiger charge is 2.02. The van der Waals surface area contributed by atoms with Gasteiger partial charge in [0.25, 0.3) is 0 Å². The van der Waals surface area contributed by atoms with Gasteiger partial charge in [-0.3, -0.25) is 0 Å². The SMILES string of the molecule is CCCCCC(N)CSCC(C)C. The number of nitrogens with two attached hydrogens (primary N) is 1. The van der Waals surface area contributed by atoms with Gasteiger partial charge in [0.1, 0.15) is 0 Å². The first-order chi connectivity index (χ1) is 6.16. The van der Waals surface area contributed by atoms with E-state index in [1.165, 1.54) is 31.4 Å². The molecule has 0 saturated heterocycles. The van der Waals surface area contributed by atoms with Crippen LogP contribution in [0.25, 0.3) is 0 Å². The summed E-state index contributed by atoms with van der Waals surface area (Å²) in [6.07, 6.45) is 5.15. The lowest BCUT2D eigenvalue weighted by Crippen LogP contribution is -2.23. The summed E-state index contributed by atoms with van der Waals surface area (Å²) in [6, 6.07) is 0.426. The highest BCUT2D eigenvalue weighted by Crippen LogP contribution is 2.11. The van der Waals surface area contributed by atoms with Crippen LogP contribution in [0.5, 0.6) is 0 Å². The molecule has 0 aromatic heterocycles. The van der Waals surface area contributed by atoms with E-state index in [4.69, 9.17) is 5.73 Å². The van der Waals surface area contributed by atoms with Crippen LogP contribution in [-0.4, -0.2) is 17.5 Å². The summed E-state index contributed by atoms with van der Waals surface area (Å²) >= 11 is 2.00. The number of hydrogen-bond acceptors (Lipinski definition) is 2. The average molecular weight is 203 g/mol. The molecule has 0 rings (SSSR count). The fraction of sp³-hybridized carbons (Fsp3) is 1.00. The minimum atomic E-state index is 0.426. The number of rotatable bonds is 8. The van der Waals surface area contributed by atoms with Gasteiger partial charge in [0, 0.05) is 11.8 Å². The normalized spacial score (nSPS) is 13.6. The minimum absolute atomic E-state index is 0.426. The topological polar surface area (TPSA) is 26.0 Å². The van der Waals surface area contributed by atoms with Crippen molar-refractivity contribution in [1.82, 2.24) is 0 Å². The molecule has 0 aliphatic heterocycles. The standard InChI is InChI=1S/C11H25NS/c1-4-5-6-7-11(12)9-13-8-10(2)3/h10-11H,4-9,12H2,1-3H3. The zero-order valence-electron chi connectivity index (χ0n) is 9.38. The zero-order chi connectivity index (χ0) is 10.1. The third-order valence-electron chi connectivity index (χ3n) is 1.96. The third-order valence-corrected chi connectivity index (χ3v) is 3.53. The van der Waals surface area contributed by atoms with E-state index in [0.717, 1.165) is 11.7 Å². The first-order valence-corrected chi connectivity index (χ1v) is 6.65. The molecule has 0 aliphatic carbocycles. The van der Waals surface area contributed by atoms with Crippen LogP contribution in [-0.2, 0) is 0 Å². The van der Waals surface area contributed by atoms with Crippen molar-refractivity contribution in [2.24, 2.45) is 11.7 Å². The summed E-state index contributed by atoms with van der Waals surface area (Å²) in [6.45, 7) is 6.75. The van der Waals surface area contributed by atoms with Crippen molar-refractivity contribution < 1.29 is 0 Å². The molecular weight excluding hydrogens is 178 g/mol. The van der Waals surface area contributed by atoms with Gasteiger partial charge in [-0.2, -0.15) is 11.8 Å². The second kappa shape index (κ2) is 8.89. The van der Waals surface area contributed by atoms with Gasteiger partial charge in [0.05, 0.1) is 0 Å². The Morgan fingerprint density at radius 1 is 1.15 bits per heavy atom. The molecule has 0 aromatic carbocycles. The molecule has 0 bridgehead atoms. The maximum Gasteiger partial charge on any atom is 0.0130 e. The quantitative estimate of drug-likeness (QED) is 0.613. The summed E-state index contributed by atoms with van der Waals surface area (Å²) in [5, 5.41) is 0. The van der Waals surface area contributed by atoms with E-state index in [9.17, 15) is 0 Å². The van der Waals surface area contributed by atoms with Crippen LogP contribution >= 0.6 is 11.8 Å². The van der Waals surface area contributed by atoms with E-state index in [0.29, 0.717) is 6.04 Å². The molecule has 1 nitrogen and oxygen atoms in total. The Bertz CT molecular complexity index is 104. The maximum atomic E-state index is 5.98. The smallest absolute Gasteiger partial charge is 0.0130 e. The van der Waals surface area contributed by atoms with E-state index in [1.54, 1.807) is 0 Å². The van der Waals surface area contributed by atoms with E-state index >= 15 is 0 Å². The zero-order valence-corrected chi connectivity index (χ0v) is 10.2. The minimum Gasteiger partial charge on any atom is -0.327 e. The summed E-state index contributed by atoms with van der Waals surface area (Å²) in [4.78, 5) is 0. The maximum absolute atomic E-state index is 5.98. The van der Waals surface area contributed by atoms with Gasteiger partial charge in [-0.05, 0) is 18.1 Å². The largest absolute Gasteiger partial charge is 0.327 e. The molecule has 2 heteroatoms. The lowest BCUT2D eigenvalue weighted by Gasteiger charge is -2.11. The molecule has 13 heavy (non-hydrogen) atoms. The van der Waals surface area contributed by atoms with Crippen LogP contribution in [0.1, 0.15) is 46.5 Å². The monoisotopic (exact) mass is 203 g/mol. The molecule has 0 aromatic rings. The van der Waals surface area contributed by atoms with Crippen molar-refractivity contribution in [3.63, 3.8) is 0 Å². The number of unbranched alkanes of at least 4 members (excludes halogenated alkanes) is 2. The van der Waals surface area contributed by atoms with Crippen LogP contribution in [0.4, 0.5) is 0 Å². The fourth-order valence-electron chi connectivity index (χ4n) is 1.19. The third kappa shape index (κ3) is 10.2. The second-order valence-corrected chi connectivity index (χ2v) is 5.26. The second-order valence-electron chi connectivity index (χ2n) is 4.19. The van der Waals surface area contributed by atoms with Crippen LogP contribution in [0.3, 0.4) is 0 Å². The number of hydrogen-bond donors (Lipinski definition) is 1. The fourth-order valence-corrected chi connectivity index (χ4v) is 2.27. The van der Waals surface area contributed by atoms with Gasteiger partial charge in [-0.25, -0.2) is 0 Å². The molecule has 0 fully saturated rings. The number of thioether (sulfide) groups is 1. The van der Waals surface area contributed by atoms with Gasteiger partial charge in [-0.15, -0.1) is 0 Å². The lowest BCUT2D eigenvalue weighted by molar-refractivity contribution is 0.596. The van der Waals surface area contributed by atoms with Crippen LogP contribution in [0, 0.1) is 5.92 Å². The molecule has 0 heterocycles. The predicted molar refractivity (Wildman–Crippen MR) is 64.3 cm³/mol. The molecule has 80 valence electrons. The molecule has 2 N–H and O–H groups in total. The molecule has 0 radical (unpaired) electrons. The highest BCUT2D eigenvalue weighted by molar-refractivity contribution is 7.99. The first-order valence-electron chi connectivity index (χ1n) is 5.50. The van der Waals surface area contributed by atoms with Crippen molar-refractivity contribution in [2.45, 2.75) is 52.5 Å². The summed E-state index contributed by atoms with van der Waals surface area (Å²) in [7, 11) is 0. The summed E-state index contributed by atoms with van der Waals surface area (Å²) in [5.41, 5.74) is 5.98. The molecule has 1 unspecified atom stereocenters. The Labute approximate surface area is 87.9 Å². The van der Waals surface area contributed by atoms with Gasteiger partial charge in [0.15, 0.2) is 0 Å². The first kappa shape index (κ1) is 13.3. The van der Waals surface area contributed by atoms with Crippen LogP contribution in [0.2, 0.25) is 0 Å². The predicted octanol–water partition coefficient (Wildman–Crippen LogP) is 3.28. The van der Waals surface area contributed by atoms with Gasteiger partial charge >= 0.3 is 0 Å². The highest BCUT2D eigenvalue weighted by atomic mass is 32.2. The molecule has 0 saturated carbocycles. The Hall–Kier alpha value is 0.310. The van der Waals surface area contributed by atoms with Gasteiger partial charge in [0.2, 0.25) is 0 Å². The molecule has 0 aliphatic rings. The van der Waals surface area contributed by atoms with Crippen molar-refractivity contribution in [2.75, 3.05) is 11.5 Å². The van der Waals surface area contributed by atoms with Gasteiger partial charge in [-0.1, -0.05) is 40.0 Å². The molecule has 1 atom stereocenters. The summed E-state index contributed by atoms with van der Waals surface area (Å²) < 4.78 is 0. The Morgan fingerprint density at radius 2 is 1.85 bits per heavy atom. The van der Waals surface area contributed by atoms with Crippen molar-refractivity contribution >= 4 is 11.8 Å². The van der Waals surface area contributed by atoms with Crippen LogP contribution < -0.4 is 5.73 Å². The van der Waals surface area contributed by atoms with Crippen molar-refractivity contribution in [1.29, 1.82) is 0 Å². The van der Waals surface area contributed by atoms with Crippen molar-refractivity contribution in [3.8, 4) is 0 Å². The van der Waals surface area contributed by atoms with E-state index in [2.05, 4.69) is 20.8 Å². The van der Waals surface area contributed by atoms with E-state index in [1.807, 2.05) is 11.8 Å². The lowest BCUT2D eigenvalue weighted by atomic mass is 10.1. The Morgan fingerprint density at radius 3 is 2.38 bits per heavy atom. The summed E-state index contributed by atoms with van der Waals surface area (Å²) in [5.74, 6) is 3.19. The van der Waals surface area contributed by atoms with E-state index < -0.39 is 0 Å². The van der Waals surface area contributed by atoms with Crippen molar-refractivity contribution in [3.05, 3.63) is 0 Å². The van der Waals surface area contributed by atoms with Gasteiger partial charge < -0.3 is 5.73 Å². The average Bonchev–Trinajstić information content (AvgIpc) is 2.04. The van der Waals surface area contributed by atoms with E-state index in [-0.39, 0.29) is 0 Å². The molecule has 0 spiro atoms. The molecular formula is C11H25NS. The Balaban J connectivity index is 3.15.